The molecule has 0 saturated heterocycles. The number of hydrogen-bond donors (Lipinski definition) is 2. The van der Waals surface area contributed by atoms with Crippen LogP contribution in [0.1, 0.15) is 12.5 Å². The van der Waals surface area contributed by atoms with Gasteiger partial charge in [-0.2, -0.15) is 0 Å². The molecule has 2 aromatic rings. The van der Waals surface area contributed by atoms with Gasteiger partial charge < -0.3 is 11.3 Å². The zero-order valence-electron chi connectivity index (χ0n) is 9.48. The van der Waals surface area contributed by atoms with E-state index in [0.717, 1.165) is 17.5 Å². The zero-order chi connectivity index (χ0) is 10.7. The van der Waals surface area contributed by atoms with Gasteiger partial charge >= 0.3 is 0 Å². The van der Waals surface area contributed by atoms with Crippen LogP contribution in [0.2, 0.25) is 0 Å². The highest BCUT2D eigenvalue weighted by molar-refractivity contribution is 5.73. The van der Waals surface area contributed by atoms with E-state index in [1.54, 1.807) is 6.07 Å². The molecule has 0 aliphatic rings. The molecule has 0 aromatic heterocycles. The minimum Gasteiger partial charge on any atom is -0.507 e. The molecule has 0 aliphatic heterocycles. The van der Waals surface area contributed by atoms with E-state index in [9.17, 15) is 5.11 Å². The van der Waals surface area contributed by atoms with Crippen molar-refractivity contribution in [1.29, 1.82) is 0 Å². The van der Waals surface area contributed by atoms with Crippen molar-refractivity contribution in [2.24, 2.45) is 0 Å². The number of aryl methyl sites for hydroxylation is 1. The lowest BCUT2D eigenvalue weighted by Gasteiger charge is -2.09. The zero-order valence-corrected chi connectivity index (χ0v) is 9.48. The van der Waals surface area contributed by atoms with Gasteiger partial charge in [0.05, 0.1) is 0 Å². The van der Waals surface area contributed by atoms with Crippen LogP contribution in [-0.2, 0) is 6.42 Å². The first-order valence-electron chi connectivity index (χ1n) is 5.19. The molecule has 0 amide bonds. The third-order valence-electron chi connectivity index (χ3n) is 2.57. The number of hydrogen-bond acceptors (Lipinski definition) is 2. The summed E-state index contributed by atoms with van der Waals surface area (Å²) < 4.78 is 0. The van der Waals surface area contributed by atoms with Gasteiger partial charge in [-0.15, -0.1) is 0 Å². The molecule has 0 saturated carbocycles. The molecule has 0 spiro atoms. The largest absolute Gasteiger partial charge is 0.507 e. The summed E-state index contributed by atoms with van der Waals surface area (Å²) in [5.41, 5.74) is 3.22. The van der Waals surface area contributed by atoms with Crippen molar-refractivity contribution >= 4 is 0 Å². The maximum Gasteiger partial charge on any atom is 0.123 e. The maximum absolute atomic E-state index is 9.88. The van der Waals surface area contributed by atoms with E-state index in [1.165, 1.54) is 5.56 Å². The number of phenolic OH excluding ortho intramolecular Hbond substituents is 1. The quantitative estimate of drug-likeness (QED) is 0.800. The summed E-state index contributed by atoms with van der Waals surface area (Å²) in [6, 6.07) is 15.7. The predicted octanol–water partition coefficient (Wildman–Crippen LogP) is 3.78. The van der Waals surface area contributed by atoms with Crippen LogP contribution in [0.4, 0.5) is 0 Å². The highest BCUT2D eigenvalue weighted by atomic mass is 16.3. The molecule has 0 unspecified atom stereocenters. The Morgan fingerprint density at radius 2 is 1.62 bits per heavy atom. The molecule has 2 aromatic carbocycles. The van der Waals surface area contributed by atoms with Gasteiger partial charge in [0.2, 0.25) is 0 Å². The monoisotopic (exact) mass is 215 g/mol. The summed E-state index contributed by atoms with van der Waals surface area (Å²) in [4.78, 5) is 0. The first-order valence-corrected chi connectivity index (χ1v) is 5.19. The molecule has 0 fully saturated rings. The molecule has 4 N–H and O–H groups in total. The highest BCUT2D eigenvalue weighted by Crippen LogP contribution is 2.32. The minimum absolute atomic E-state index is 0. The number of aromatic hydroxyl groups is 1. The Morgan fingerprint density at radius 3 is 2.25 bits per heavy atom. The van der Waals surface area contributed by atoms with Crippen molar-refractivity contribution in [2.45, 2.75) is 13.3 Å². The molecule has 0 aliphatic carbocycles. The Balaban J connectivity index is 0.00000128. The van der Waals surface area contributed by atoms with Crippen LogP contribution in [0.3, 0.4) is 0 Å². The molecular weight excluding hydrogens is 198 g/mol. The summed E-state index contributed by atoms with van der Waals surface area (Å²) in [6.07, 6.45) is 0.929. The van der Waals surface area contributed by atoms with Crippen LogP contribution in [0, 0.1) is 0 Å². The lowest BCUT2D eigenvalue weighted by Crippen LogP contribution is -1.87. The second kappa shape index (κ2) is 5.33. The molecule has 16 heavy (non-hydrogen) atoms. The average Bonchev–Trinajstić information content (AvgIpc) is 2.29. The van der Waals surface area contributed by atoms with E-state index in [4.69, 9.17) is 0 Å². The van der Waals surface area contributed by atoms with E-state index in [-0.39, 0.29) is 6.15 Å². The second-order valence-corrected chi connectivity index (χ2v) is 3.53. The summed E-state index contributed by atoms with van der Waals surface area (Å²) in [5.74, 6) is 0.362. The molecule has 0 radical (unpaired) electrons. The van der Waals surface area contributed by atoms with Crippen molar-refractivity contribution in [1.82, 2.24) is 6.15 Å². The molecule has 2 nitrogen and oxygen atoms in total. The van der Waals surface area contributed by atoms with Gasteiger partial charge in [-0.1, -0.05) is 49.4 Å². The van der Waals surface area contributed by atoms with Gasteiger partial charge in [0, 0.05) is 5.56 Å². The van der Waals surface area contributed by atoms with Gasteiger partial charge in [0.15, 0.2) is 0 Å². The molecule has 84 valence electrons. The van der Waals surface area contributed by atoms with Crippen LogP contribution < -0.4 is 6.15 Å². The van der Waals surface area contributed by atoms with Crippen LogP contribution in [-0.4, -0.2) is 5.11 Å². The van der Waals surface area contributed by atoms with Crippen molar-refractivity contribution in [2.75, 3.05) is 0 Å². The Morgan fingerprint density at radius 1 is 0.938 bits per heavy atom. The van der Waals surface area contributed by atoms with E-state index in [2.05, 4.69) is 13.0 Å². The normalized spacial score (nSPS) is 9.56. The SMILES string of the molecule is CCc1cccc(O)c1-c1ccccc1.N. The van der Waals surface area contributed by atoms with E-state index in [0.29, 0.717) is 5.75 Å². The average molecular weight is 215 g/mol. The first kappa shape index (κ1) is 12.3. The predicted molar refractivity (Wildman–Crippen MR) is 67.9 cm³/mol. The van der Waals surface area contributed by atoms with Gasteiger partial charge in [-0.3, -0.25) is 0 Å². The van der Waals surface area contributed by atoms with E-state index < -0.39 is 0 Å². The van der Waals surface area contributed by atoms with E-state index in [1.807, 2.05) is 36.4 Å². The fourth-order valence-corrected chi connectivity index (χ4v) is 1.82. The molecule has 2 rings (SSSR count). The summed E-state index contributed by atoms with van der Waals surface area (Å²) in [6.45, 7) is 2.10. The Labute approximate surface area is 96.1 Å². The second-order valence-electron chi connectivity index (χ2n) is 3.53. The smallest absolute Gasteiger partial charge is 0.123 e. The standard InChI is InChI=1S/C14H14O.H3N/c1-2-11-9-6-10-13(15)14(11)12-7-4-3-5-8-12;/h3-10,15H,2H2,1H3;1H3. The molecule has 0 bridgehead atoms. The van der Waals surface area contributed by atoms with Crippen molar-refractivity contribution in [3.05, 3.63) is 54.1 Å². The third kappa shape index (κ3) is 2.23. The lowest BCUT2D eigenvalue weighted by atomic mass is 9.97. The van der Waals surface area contributed by atoms with Crippen LogP contribution in [0.5, 0.6) is 5.75 Å². The summed E-state index contributed by atoms with van der Waals surface area (Å²) in [7, 11) is 0. The van der Waals surface area contributed by atoms with Crippen LogP contribution in [0.25, 0.3) is 11.1 Å². The number of benzene rings is 2. The molecule has 0 atom stereocenters. The lowest BCUT2D eigenvalue weighted by molar-refractivity contribution is 0.476. The fraction of sp³-hybridized carbons (Fsp3) is 0.143. The van der Waals surface area contributed by atoms with Gasteiger partial charge in [0.25, 0.3) is 0 Å². The Hall–Kier alpha value is -1.80. The van der Waals surface area contributed by atoms with Crippen molar-refractivity contribution < 1.29 is 5.11 Å². The van der Waals surface area contributed by atoms with Gasteiger partial charge in [0.1, 0.15) is 5.75 Å². The maximum atomic E-state index is 9.88. The molecule has 2 heteroatoms. The Kier molecular flexibility index (Phi) is 4.09. The van der Waals surface area contributed by atoms with Crippen molar-refractivity contribution in [3.63, 3.8) is 0 Å². The number of rotatable bonds is 2. The molecule has 0 heterocycles. The number of phenols is 1. The van der Waals surface area contributed by atoms with Gasteiger partial charge in [-0.05, 0) is 23.6 Å². The van der Waals surface area contributed by atoms with Crippen molar-refractivity contribution in [3.8, 4) is 16.9 Å². The highest BCUT2D eigenvalue weighted by Gasteiger charge is 2.07. The first-order chi connectivity index (χ1) is 7.33. The Bertz CT molecular complexity index is 452. The summed E-state index contributed by atoms with van der Waals surface area (Å²) in [5, 5.41) is 9.88. The van der Waals surface area contributed by atoms with Crippen LogP contribution in [0.15, 0.2) is 48.5 Å². The minimum atomic E-state index is 0. The summed E-state index contributed by atoms with van der Waals surface area (Å²) >= 11 is 0. The molecular formula is C14H17NO. The van der Waals surface area contributed by atoms with Crippen LogP contribution >= 0.6 is 0 Å². The third-order valence-corrected chi connectivity index (χ3v) is 2.57. The topological polar surface area (TPSA) is 55.2 Å². The van der Waals surface area contributed by atoms with Gasteiger partial charge in [-0.25, -0.2) is 0 Å². The fourth-order valence-electron chi connectivity index (χ4n) is 1.82. The van der Waals surface area contributed by atoms with E-state index >= 15 is 0 Å².